The van der Waals surface area contributed by atoms with Gasteiger partial charge in [0.1, 0.15) is 16.4 Å². The predicted molar refractivity (Wildman–Crippen MR) is 52.5 cm³/mol. The molecule has 0 aliphatic heterocycles. The standard InChI is InChI=1S/C8H14N2O3S/c1-6-8(14(11,12)10-3)4-7(13-6)5-9-2/h4,9-10H,5H2,1-3H3. The molecule has 0 fully saturated rings. The Kier molecular flexibility index (Phi) is 3.30. The quantitative estimate of drug-likeness (QED) is 0.758. The van der Waals surface area contributed by atoms with Gasteiger partial charge in [-0.05, 0) is 21.0 Å². The molecule has 0 radical (unpaired) electrons. The molecule has 0 spiro atoms. The first-order valence-corrected chi connectivity index (χ1v) is 5.67. The summed E-state index contributed by atoms with van der Waals surface area (Å²) in [5, 5.41) is 2.89. The third-order valence-electron chi connectivity index (χ3n) is 1.83. The lowest BCUT2D eigenvalue weighted by Crippen LogP contribution is -2.18. The number of nitrogens with one attached hydrogen (secondary N) is 2. The van der Waals surface area contributed by atoms with Crippen LogP contribution in [0.3, 0.4) is 0 Å². The van der Waals surface area contributed by atoms with Gasteiger partial charge >= 0.3 is 0 Å². The summed E-state index contributed by atoms with van der Waals surface area (Å²) >= 11 is 0. The second-order valence-electron chi connectivity index (χ2n) is 2.87. The summed E-state index contributed by atoms with van der Waals surface area (Å²) in [6.07, 6.45) is 0. The number of furan rings is 1. The Bertz CT molecular complexity index is 408. The zero-order valence-corrected chi connectivity index (χ0v) is 9.23. The average Bonchev–Trinajstić information content (AvgIpc) is 2.48. The van der Waals surface area contributed by atoms with E-state index in [0.29, 0.717) is 18.1 Å². The second kappa shape index (κ2) is 4.12. The molecule has 1 heterocycles. The van der Waals surface area contributed by atoms with Crippen molar-refractivity contribution < 1.29 is 12.8 Å². The van der Waals surface area contributed by atoms with Crippen LogP contribution in [0.25, 0.3) is 0 Å². The van der Waals surface area contributed by atoms with Crippen LogP contribution in [0.1, 0.15) is 11.5 Å². The van der Waals surface area contributed by atoms with E-state index in [2.05, 4.69) is 10.0 Å². The highest BCUT2D eigenvalue weighted by molar-refractivity contribution is 7.89. The van der Waals surface area contributed by atoms with Crippen LogP contribution in [0.15, 0.2) is 15.4 Å². The molecule has 0 aliphatic carbocycles. The van der Waals surface area contributed by atoms with Crippen molar-refractivity contribution in [1.82, 2.24) is 10.0 Å². The Morgan fingerprint density at radius 3 is 2.57 bits per heavy atom. The van der Waals surface area contributed by atoms with Gasteiger partial charge in [0.15, 0.2) is 0 Å². The zero-order valence-electron chi connectivity index (χ0n) is 8.42. The lowest BCUT2D eigenvalue weighted by atomic mass is 10.4. The fourth-order valence-corrected chi connectivity index (χ4v) is 2.09. The van der Waals surface area contributed by atoms with Crippen LogP contribution in [0.4, 0.5) is 0 Å². The lowest BCUT2D eigenvalue weighted by Gasteiger charge is -1.97. The van der Waals surface area contributed by atoms with Crippen LogP contribution in [-0.2, 0) is 16.6 Å². The Hall–Kier alpha value is -0.850. The number of rotatable bonds is 4. The van der Waals surface area contributed by atoms with Crippen LogP contribution in [0.2, 0.25) is 0 Å². The summed E-state index contributed by atoms with van der Waals surface area (Å²) in [5.74, 6) is 1.02. The van der Waals surface area contributed by atoms with Crippen molar-refractivity contribution >= 4 is 10.0 Å². The molecule has 0 aliphatic rings. The van der Waals surface area contributed by atoms with E-state index in [1.165, 1.54) is 13.1 Å². The van der Waals surface area contributed by atoms with Crippen molar-refractivity contribution in [2.45, 2.75) is 18.4 Å². The van der Waals surface area contributed by atoms with Crippen molar-refractivity contribution in [2.24, 2.45) is 0 Å². The molecule has 6 heteroatoms. The van der Waals surface area contributed by atoms with E-state index >= 15 is 0 Å². The highest BCUT2D eigenvalue weighted by atomic mass is 32.2. The topological polar surface area (TPSA) is 71.3 Å². The van der Waals surface area contributed by atoms with Gasteiger partial charge < -0.3 is 9.73 Å². The van der Waals surface area contributed by atoms with E-state index in [9.17, 15) is 8.42 Å². The maximum Gasteiger partial charge on any atom is 0.243 e. The van der Waals surface area contributed by atoms with Gasteiger partial charge in [-0.2, -0.15) is 0 Å². The maximum atomic E-state index is 11.4. The fourth-order valence-electron chi connectivity index (χ4n) is 1.16. The van der Waals surface area contributed by atoms with Gasteiger partial charge in [0.05, 0.1) is 6.54 Å². The van der Waals surface area contributed by atoms with Crippen molar-refractivity contribution in [2.75, 3.05) is 14.1 Å². The first-order valence-electron chi connectivity index (χ1n) is 4.18. The van der Waals surface area contributed by atoms with Crippen LogP contribution in [-0.4, -0.2) is 22.5 Å². The summed E-state index contributed by atoms with van der Waals surface area (Å²) in [5.41, 5.74) is 0. The van der Waals surface area contributed by atoms with Gasteiger partial charge in [0, 0.05) is 6.07 Å². The average molecular weight is 218 g/mol. The molecule has 0 amide bonds. The van der Waals surface area contributed by atoms with Crippen LogP contribution < -0.4 is 10.0 Å². The molecule has 1 aromatic rings. The SMILES string of the molecule is CNCc1cc(S(=O)(=O)NC)c(C)o1. The van der Waals surface area contributed by atoms with Gasteiger partial charge in [0.25, 0.3) is 0 Å². The molecule has 0 unspecified atom stereocenters. The van der Waals surface area contributed by atoms with E-state index in [1.807, 2.05) is 0 Å². The highest BCUT2D eigenvalue weighted by Crippen LogP contribution is 2.19. The molecule has 1 rings (SSSR count). The normalized spacial score (nSPS) is 11.9. The third-order valence-corrected chi connectivity index (χ3v) is 3.35. The summed E-state index contributed by atoms with van der Waals surface area (Å²) < 4.78 is 30.4. The molecule has 0 aromatic carbocycles. The fraction of sp³-hybridized carbons (Fsp3) is 0.500. The summed E-state index contributed by atoms with van der Waals surface area (Å²) in [6.45, 7) is 2.14. The molecular weight excluding hydrogens is 204 g/mol. The minimum atomic E-state index is -3.40. The first kappa shape index (κ1) is 11.2. The van der Waals surface area contributed by atoms with Crippen LogP contribution in [0, 0.1) is 6.92 Å². The second-order valence-corrected chi connectivity index (χ2v) is 4.73. The molecule has 0 saturated carbocycles. The van der Waals surface area contributed by atoms with Gasteiger partial charge in [-0.15, -0.1) is 0 Å². The smallest absolute Gasteiger partial charge is 0.243 e. The van der Waals surface area contributed by atoms with Crippen molar-refractivity contribution in [1.29, 1.82) is 0 Å². The lowest BCUT2D eigenvalue weighted by molar-refractivity contribution is 0.466. The molecule has 80 valence electrons. The highest BCUT2D eigenvalue weighted by Gasteiger charge is 2.18. The molecule has 0 bridgehead atoms. The van der Waals surface area contributed by atoms with Gasteiger partial charge in [-0.3, -0.25) is 0 Å². The number of aryl methyl sites for hydroxylation is 1. The van der Waals surface area contributed by atoms with E-state index in [0.717, 1.165) is 0 Å². The van der Waals surface area contributed by atoms with E-state index in [4.69, 9.17) is 4.42 Å². The minimum Gasteiger partial charge on any atom is -0.464 e. The predicted octanol–water partition coefficient (Wildman–Crippen LogP) is 0.216. The summed E-state index contributed by atoms with van der Waals surface area (Å²) in [7, 11) is -0.255. The third kappa shape index (κ3) is 2.14. The Morgan fingerprint density at radius 2 is 2.07 bits per heavy atom. The Balaban J connectivity index is 3.11. The number of sulfonamides is 1. The van der Waals surface area contributed by atoms with E-state index in [-0.39, 0.29) is 4.90 Å². The van der Waals surface area contributed by atoms with Gasteiger partial charge in [0.2, 0.25) is 10.0 Å². The maximum absolute atomic E-state index is 11.4. The van der Waals surface area contributed by atoms with Crippen LogP contribution in [0.5, 0.6) is 0 Å². The monoisotopic (exact) mass is 218 g/mol. The molecule has 0 saturated heterocycles. The number of hydrogen-bond donors (Lipinski definition) is 2. The molecule has 5 nitrogen and oxygen atoms in total. The molecule has 0 atom stereocenters. The van der Waals surface area contributed by atoms with Crippen molar-refractivity contribution in [3.63, 3.8) is 0 Å². The number of hydrogen-bond acceptors (Lipinski definition) is 4. The first-order chi connectivity index (χ1) is 6.51. The molecular formula is C8H14N2O3S. The summed E-state index contributed by atoms with van der Waals surface area (Å²) in [6, 6.07) is 1.53. The molecule has 2 N–H and O–H groups in total. The minimum absolute atomic E-state index is 0.199. The summed E-state index contributed by atoms with van der Waals surface area (Å²) in [4.78, 5) is 0.199. The van der Waals surface area contributed by atoms with Gasteiger partial charge in [-0.25, -0.2) is 13.1 Å². The zero-order chi connectivity index (χ0) is 10.8. The van der Waals surface area contributed by atoms with E-state index in [1.54, 1.807) is 14.0 Å². The van der Waals surface area contributed by atoms with Crippen LogP contribution >= 0.6 is 0 Å². The molecule has 1 aromatic heterocycles. The van der Waals surface area contributed by atoms with Crippen molar-refractivity contribution in [3.8, 4) is 0 Å². The van der Waals surface area contributed by atoms with E-state index < -0.39 is 10.0 Å². The Labute approximate surface area is 83.5 Å². The largest absolute Gasteiger partial charge is 0.464 e. The van der Waals surface area contributed by atoms with Gasteiger partial charge in [-0.1, -0.05) is 0 Å². The van der Waals surface area contributed by atoms with Crippen molar-refractivity contribution in [3.05, 3.63) is 17.6 Å². The molecule has 14 heavy (non-hydrogen) atoms. The Morgan fingerprint density at radius 1 is 1.43 bits per heavy atom.